The lowest BCUT2D eigenvalue weighted by Gasteiger charge is -2.43. The zero-order valence-corrected chi connectivity index (χ0v) is 25.5. The number of carboxylic acid groups (broad SMARTS) is 1. The highest BCUT2D eigenvalue weighted by molar-refractivity contribution is 8.00. The van der Waals surface area contributed by atoms with E-state index in [2.05, 4.69) is 0 Å². The minimum atomic E-state index is -4.42. The first-order chi connectivity index (χ1) is 20.6. The van der Waals surface area contributed by atoms with Gasteiger partial charge in [0.15, 0.2) is 0 Å². The lowest BCUT2D eigenvalue weighted by Crippen LogP contribution is -2.54. The van der Waals surface area contributed by atoms with Gasteiger partial charge in [-0.3, -0.25) is 4.79 Å². The number of likely N-dealkylation sites (N-methyl/N-ethyl adjacent to an activating group) is 1. The Bertz CT molecular complexity index is 1450. The van der Waals surface area contributed by atoms with E-state index in [0.29, 0.717) is 21.7 Å². The third-order valence-electron chi connectivity index (χ3n) is 9.30. The molecule has 2 aromatic carbocycles. The van der Waals surface area contributed by atoms with Crippen LogP contribution in [0.2, 0.25) is 0 Å². The minimum Gasteiger partial charge on any atom is -0.491 e. The van der Waals surface area contributed by atoms with Crippen molar-refractivity contribution in [2.24, 2.45) is 10.8 Å². The summed E-state index contributed by atoms with van der Waals surface area (Å²) < 4.78 is 103. The number of nitrogens with zero attached hydrogens (tertiary/aromatic N) is 2. The lowest BCUT2D eigenvalue weighted by molar-refractivity contribution is -0.199. The number of hydrogen-bond donors (Lipinski definition) is 1. The topological polar surface area (TPSA) is 70.1 Å². The van der Waals surface area contributed by atoms with Gasteiger partial charge in [0, 0.05) is 55.9 Å². The van der Waals surface area contributed by atoms with Crippen molar-refractivity contribution < 1.29 is 45.2 Å². The van der Waals surface area contributed by atoms with Gasteiger partial charge in [0.2, 0.25) is 0 Å². The zero-order valence-electron chi connectivity index (χ0n) is 23.8. The summed E-state index contributed by atoms with van der Waals surface area (Å²) in [5.74, 6) is -4.80. The maximum atomic E-state index is 13.9. The van der Waals surface area contributed by atoms with Crippen molar-refractivity contribution in [3.63, 3.8) is 0 Å². The standard InChI is InChI=1S/C30H32F6N2O4S2/c1-37-20(6-7-30(34,35)36)14-38(19-4-2-18(31)3-5-19)22-10-24(43-21-12-27(13-21)8-9-27)23(11-25(22)44(37)41)42-17-28(26(39)40)15-29(32,33)16-28/h2-5,10-11,20-21H,6-9,12-17H2,1H3,(H,39,40). The number of carboxylic acids is 1. The molecule has 3 saturated carbocycles. The number of benzene rings is 2. The Hall–Kier alpha value is -2.45. The van der Waals surface area contributed by atoms with Gasteiger partial charge < -0.3 is 14.7 Å². The molecule has 1 aliphatic heterocycles. The summed E-state index contributed by atoms with van der Waals surface area (Å²) in [6.07, 6.45) is -3.28. The van der Waals surface area contributed by atoms with E-state index in [4.69, 9.17) is 4.74 Å². The molecular weight excluding hydrogens is 630 g/mol. The molecule has 14 heteroatoms. The molecule has 0 aromatic heterocycles. The molecule has 1 N–H and O–H groups in total. The van der Waals surface area contributed by atoms with Crippen LogP contribution >= 0.6 is 11.8 Å². The molecule has 0 bridgehead atoms. The predicted molar refractivity (Wildman–Crippen MR) is 153 cm³/mol. The van der Waals surface area contributed by atoms with E-state index >= 15 is 0 Å². The van der Waals surface area contributed by atoms with E-state index < -0.39 is 72.2 Å². The molecular formula is C30H32F6N2O4S2. The number of anilines is 2. The second-order valence-electron chi connectivity index (χ2n) is 12.7. The van der Waals surface area contributed by atoms with E-state index in [-0.39, 0.29) is 28.9 Å². The van der Waals surface area contributed by atoms with Gasteiger partial charge in [-0.1, -0.05) is 0 Å². The predicted octanol–water partition coefficient (Wildman–Crippen LogP) is 7.56. The van der Waals surface area contributed by atoms with Gasteiger partial charge in [-0.25, -0.2) is 21.7 Å². The fourth-order valence-corrected chi connectivity index (χ4v) is 9.45. The van der Waals surface area contributed by atoms with E-state index in [9.17, 15) is 40.5 Å². The van der Waals surface area contributed by atoms with Crippen LogP contribution in [0.4, 0.5) is 37.7 Å². The second kappa shape index (κ2) is 11.1. The van der Waals surface area contributed by atoms with Crippen LogP contribution in [0.15, 0.2) is 46.2 Å². The molecule has 240 valence electrons. The molecule has 2 aromatic rings. The Morgan fingerprint density at radius 2 is 1.80 bits per heavy atom. The van der Waals surface area contributed by atoms with Gasteiger partial charge in [0.1, 0.15) is 34.6 Å². The summed E-state index contributed by atoms with van der Waals surface area (Å²) in [6.45, 7) is -0.484. The van der Waals surface area contributed by atoms with Crippen molar-refractivity contribution in [3.8, 4) is 5.75 Å². The van der Waals surface area contributed by atoms with Gasteiger partial charge in [0.25, 0.3) is 5.92 Å². The van der Waals surface area contributed by atoms with Crippen LogP contribution in [0.5, 0.6) is 5.75 Å². The molecule has 6 nitrogen and oxygen atoms in total. The van der Waals surface area contributed by atoms with Crippen LogP contribution in [0.3, 0.4) is 0 Å². The highest BCUT2D eigenvalue weighted by Crippen LogP contribution is 2.65. The van der Waals surface area contributed by atoms with Gasteiger partial charge in [0.05, 0.1) is 15.5 Å². The number of halogens is 6. The third kappa shape index (κ3) is 6.31. The molecule has 3 aliphatic carbocycles. The number of aliphatic carboxylic acids is 1. The van der Waals surface area contributed by atoms with Crippen LogP contribution in [0.1, 0.15) is 51.4 Å². The number of fused-ring (bicyclic) bond motifs is 1. The van der Waals surface area contributed by atoms with Crippen molar-refractivity contribution >= 4 is 40.1 Å². The Balaban J connectivity index is 1.39. The average molecular weight is 663 g/mol. The first-order valence-corrected chi connectivity index (χ1v) is 16.4. The molecule has 0 amide bonds. The fraction of sp³-hybridized carbons (Fsp3) is 0.567. The highest BCUT2D eigenvalue weighted by Gasteiger charge is 2.62. The van der Waals surface area contributed by atoms with Crippen molar-refractivity contribution in [1.29, 1.82) is 0 Å². The quantitative estimate of drug-likeness (QED) is 0.280. The molecule has 3 fully saturated rings. The van der Waals surface area contributed by atoms with Gasteiger partial charge in [-0.15, -0.1) is 11.8 Å². The Morgan fingerprint density at radius 1 is 1.14 bits per heavy atom. The van der Waals surface area contributed by atoms with Gasteiger partial charge >= 0.3 is 12.1 Å². The maximum Gasteiger partial charge on any atom is 0.389 e. The number of rotatable bonds is 9. The van der Waals surface area contributed by atoms with Gasteiger partial charge in [-0.05, 0) is 67.9 Å². The Morgan fingerprint density at radius 3 is 2.36 bits per heavy atom. The second-order valence-corrected chi connectivity index (χ2v) is 15.5. The van der Waals surface area contributed by atoms with Crippen LogP contribution in [-0.2, 0) is 15.8 Å². The normalized spacial score (nSPS) is 25.5. The van der Waals surface area contributed by atoms with E-state index in [1.54, 1.807) is 11.0 Å². The zero-order chi connectivity index (χ0) is 31.7. The summed E-state index contributed by atoms with van der Waals surface area (Å²) in [4.78, 5) is 14.5. The first-order valence-electron chi connectivity index (χ1n) is 14.4. The van der Waals surface area contributed by atoms with E-state index in [1.165, 1.54) is 53.4 Å². The molecule has 44 heavy (non-hydrogen) atoms. The fourth-order valence-electron chi connectivity index (χ4n) is 6.49. The largest absolute Gasteiger partial charge is 0.491 e. The number of alkyl halides is 5. The van der Waals surface area contributed by atoms with Crippen molar-refractivity contribution in [2.45, 2.75) is 84.5 Å². The summed E-state index contributed by atoms with van der Waals surface area (Å²) in [5, 5.41) is 9.99. The summed E-state index contributed by atoms with van der Waals surface area (Å²) in [6, 6.07) is 7.90. The molecule has 1 spiro atoms. The molecule has 2 atom stereocenters. The van der Waals surface area contributed by atoms with Crippen LogP contribution in [0, 0.1) is 16.6 Å². The number of carbonyl (C=O) groups is 1. The van der Waals surface area contributed by atoms with E-state index in [0.717, 1.165) is 25.7 Å². The molecule has 1 heterocycles. The number of hydrogen-bond acceptors (Lipinski definition) is 5. The number of ether oxygens (including phenoxy) is 1. The third-order valence-corrected chi connectivity index (χ3v) is 12.1. The van der Waals surface area contributed by atoms with Crippen LogP contribution < -0.4 is 9.64 Å². The molecule has 6 rings (SSSR count). The van der Waals surface area contributed by atoms with Crippen LogP contribution in [0.25, 0.3) is 0 Å². The first kappa shape index (κ1) is 31.5. The van der Waals surface area contributed by atoms with Crippen molar-refractivity contribution in [2.75, 3.05) is 25.1 Å². The molecule has 4 aliphatic rings. The highest BCUT2D eigenvalue weighted by atomic mass is 32.2. The SMILES string of the molecule is CN1C(CCC(F)(F)F)CN(c2ccc(F)cc2)c2cc(SC3CC4(CC4)C3)c(OCC3(C(=O)O)CC(F)(F)C3)cc2S1=O. The van der Waals surface area contributed by atoms with E-state index in [1.807, 2.05) is 0 Å². The minimum absolute atomic E-state index is 0.0327. The maximum absolute atomic E-state index is 13.9. The smallest absolute Gasteiger partial charge is 0.389 e. The van der Waals surface area contributed by atoms with Crippen molar-refractivity contribution in [3.05, 3.63) is 42.2 Å². The Labute approximate surface area is 257 Å². The summed E-state index contributed by atoms with van der Waals surface area (Å²) in [5.41, 5.74) is -0.477. The molecule has 0 radical (unpaired) electrons. The summed E-state index contributed by atoms with van der Waals surface area (Å²) >= 11 is 1.51. The van der Waals surface area contributed by atoms with Gasteiger partial charge in [-0.2, -0.15) is 13.2 Å². The average Bonchev–Trinajstić information content (AvgIpc) is 3.72. The molecule has 0 saturated heterocycles. The van der Waals surface area contributed by atoms with Crippen LogP contribution in [-0.4, -0.2) is 63.2 Å². The monoisotopic (exact) mass is 662 g/mol. The van der Waals surface area contributed by atoms with Crippen molar-refractivity contribution in [1.82, 2.24) is 4.31 Å². The lowest BCUT2D eigenvalue weighted by atomic mass is 9.66. The molecule has 2 unspecified atom stereocenters. The number of thioether (sulfide) groups is 1. The Kier molecular flexibility index (Phi) is 7.96. The summed E-state index contributed by atoms with van der Waals surface area (Å²) in [7, 11) is -0.495.